The summed E-state index contributed by atoms with van der Waals surface area (Å²) in [5.41, 5.74) is 1.35. The van der Waals surface area contributed by atoms with Gasteiger partial charge in [0.2, 0.25) is 0 Å². The van der Waals surface area contributed by atoms with Crippen molar-refractivity contribution >= 4 is 32.7 Å². The van der Waals surface area contributed by atoms with Gasteiger partial charge in [-0.1, -0.05) is 0 Å². The summed E-state index contributed by atoms with van der Waals surface area (Å²) in [5, 5.41) is 20.0. The molecular formula is C22H29N3O7S. The maximum Gasteiger partial charge on any atom is 0.325 e. The van der Waals surface area contributed by atoms with Gasteiger partial charge in [0.25, 0.3) is 0 Å². The molecule has 0 saturated carbocycles. The standard InChI is InChI=1S/C22H29N3O7S/c1-32-16-2-3-19-17(12-16)18(13-25(19)6-4-20(26)27)21(22(28)29)24-9-7-23(8-10-24)15-5-11-33(30,31)14-15/h2-3,12-13,15,21H,4-11,14H2,1H3,(H,26,27)(H,28,29)/t15-,21-/m0/s1. The summed E-state index contributed by atoms with van der Waals surface area (Å²) < 4.78 is 30.8. The van der Waals surface area contributed by atoms with Gasteiger partial charge in [0.1, 0.15) is 11.8 Å². The molecule has 2 aromatic rings. The van der Waals surface area contributed by atoms with E-state index in [1.165, 1.54) is 0 Å². The Hall–Kier alpha value is -2.63. The minimum Gasteiger partial charge on any atom is -0.497 e. The van der Waals surface area contributed by atoms with E-state index in [2.05, 4.69) is 4.90 Å². The van der Waals surface area contributed by atoms with Crippen molar-refractivity contribution in [2.24, 2.45) is 0 Å². The SMILES string of the molecule is COc1ccc2c(c1)c([C@@H](C(=O)O)N1CCN([C@H]3CCS(=O)(=O)C3)CC1)cn2CCC(=O)O. The molecule has 2 N–H and O–H groups in total. The van der Waals surface area contributed by atoms with Crippen LogP contribution in [0.25, 0.3) is 10.9 Å². The Kier molecular flexibility index (Phi) is 6.64. The number of rotatable bonds is 8. The van der Waals surface area contributed by atoms with E-state index < -0.39 is 27.8 Å². The summed E-state index contributed by atoms with van der Waals surface area (Å²) in [7, 11) is -1.44. The Balaban J connectivity index is 1.60. The predicted octanol–water partition coefficient (Wildman–Crippen LogP) is 1.06. The van der Waals surface area contributed by atoms with Crippen molar-refractivity contribution in [3.63, 3.8) is 0 Å². The van der Waals surface area contributed by atoms with Crippen molar-refractivity contribution in [2.75, 3.05) is 44.8 Å². The Morgan fingerprint density at radius 3 is 2.48 bits per heavy atom. The number of methoxy groups -OCH3 is 1. The second-order valence-electron chi connectivity index (χ2n) is 8.67. The molecule has 1 aromatic heterocycles. The van der Waals surface area contributed by atoms with E-state index in [1.54, 1.807) is 30.0 Å². The van der Waals surface area contributed by atoms with Gasteiger partial charge >= 0.3 is 11.9 Å². The van der Waals surface area contributed by atoms with Crippen molar-refractivity contribution in [1.29, 1.82) is 0 Å². The van der Waals surface area contributed by atoms with Gasteiger partial charge in [-0.05, 0) is 24.6 Å². The molecule has 10 nitrogen and oxygen atoms in total. The second kappa shape index (κ2) is 9.32. The number of aryl methyl sites for hydroxylation is 1. The molecular weight excluding hydrogens is 450 g/mol. The number of aliphatic carboxylic acids is 2. The largest absolute Gasteiger partial charge is 0.497 e. The van der Waals surface area contributed by atoms with Gasteiger partial charge in [-0.15, -0.1) is 0 Å². The Bertz CT molecular complexity index is 1150. The molecule has 180 valence electrons. The van der Waals surface area contributed by atoms with E-state index in [1.807, 2.05) is 11.0 Å². The van der Waals surface area contributed by atoms with Crippen LogP contribution in [0.3, 0.4) is 0 Å². The van der Waals surface area contributed by atoms with Crippen LogP contribution in [0.15, 0.2) is 24.4 Å². The molecule has 2 aliphatic heterocycles. The molecule has 0 radical (unpaired) electrons. The summed E-state index contributed by atoms with van der Waals surface area (Å²) >= 11 is 0. The number of carboxylic acids is 2. The van der Waals surface area contributed by atoms with Crippen LogP contribution in [0.1, 0.15) is 24.4 Å². The van der Waals surface area contributed by atoms with Gasteiger partial charge in [0, 0.05) is 61.4 Å². The molecule has 0 aliphatic carbocycles. The van der Waals surface area contributed by atoms with E-state index >= 15 is 0 Å². The molecule has 3 heterocycles. The van der Waals surface area contributed by atoms with Crippen molar-refractivity contribution in [3.05, 3.63) is 30.0 Å². The van der Waals surface area contributed by atoms with Gasteiger partial charge in [-0.25, -0.2) is 8.42 Å². The van der Waals surface area contributed by atoms with Crippen molar-refractivity contribution in [2.45, 2.75) is 31.5 Å². The Morgan fingerprint density at radius 1 is 1.18 bits per heavy atom. The highest BCUT2D eigenvalue weighted by Gasteiger charge is 2.37. The van der Waals surface area contributed by atoms with Gasteiger partial charge < -0.3 is 19.5 Å². The lowest BCUT2D eigenvalue weighted by atomic mass is 10.0. The van der Waals surface area contributed by atoms with E-state index in [0.29, 0.717) is 43.9 Å². The number of nitrogens with zero attached hydrogens (tertiary/aromatic N) is 3. The minimum absolute atomic E-state index is 0.00243. The van der Waals surface area contributed by atoms with Crippen LogP contribution in [-0.2, 0) is 26.0 Å². The van der Waals surface area contributed by atoms with E-state index in [9.17, 15) is 23.1 Å². The topological polar surface area (TPSA) is 129 Å². The van der Waals surface area contributed by atoms with Crippen LogP contribution in [0, 0.1) is 0 Å². The summed E-state index contributed by atoms with van der Waals surface area (Å²) in [5.74, 6) is -0.922. The molecule has 0 spiro atoms. The van der Waals surface area contributed by atoms with Crippen LogP contribution >= 0.6 is 0 Å². The molecule has 2 fully saturated rings. The summed E-state index contributed by atoms with van der Waals surface area (Å²) in [6, 6.07) is 4.48. The lowest BCUT2D eigenvalue weighted by Gasteiger charge is -2.40. The zero-order valence-corrected chi connectivity index (χ0v) is 19.3. The highest BCUT2D eigenvalue weighted by molar-refractivity contribution is 7.91. The van der Waals surface area contributed by atoms with Crippen LogP contribution in [-0.4, -0.2) is 95.8 Å². The predicted molar refractivity (Wildman–Crippen MR) is 121 cm³/mol. The number of benzene rings is 1. The minimum atomic E-state index is -2.98. The first-order valence-corrected chi connectivity index (χ1v) is 12.8. The molecule has 0 unspecified atom stereocenters. The fourth-order valence-electron chi connectivity index (χ4n) is 4.96. The average molecular weight is 480 g/mol. The first-order chi connectivity index (χ1) is 15.7. The third-order valence-electron chi connectivity index (χ3n) is 6.65. The number of aromatic nitrogens is 1. The maximum atomic E-state index is 12.4. The van der Waals surface area contributed by atoms with Crippen LogP contribution in [0.4, 0.5) is 0 Å². The zero-order chi connectivity index (χ0) is 23.8. The summed E-state index contributed by atoms with van der Waals surface area (Å²) in [6.07, 6.45) is 2.29. The number of piperazine rings is 1. The number of hydrogen-bond acceptors (Lipinski definition) is 7. The fraction of sp³-hybridized carbons (Fsp3) is 0.545. The average Bonchev–Trinajstić information content (AvgIpc) is 3.32. The highest BCUT2D eigenvalue weighted by Crippen LogP contribution is 2.34. The normalized spacial score (nSPS) is 22.4. The first-order valence-electron chi connectivity index (χ1n) is 11.0. The Morgan fingerprint density at radius 2 is 1.91 bits per heavy atom. The van der Waals surface area contributed by atoms with E-state index in [-0.39, 0.29) is 30.5 Å². The molecule has 4 rings (SSSR count). The van der Waals surface area contributed by atoms with Gasteiger partial charge in [-0.3, -0.25) is 19.4 Å². The number of fused-ring (bicyclic) bond motifs is 1. The first kappa shape index (κ1) is 23.5. The molecule has 33 heavy (non-hydrogen) atoms. The quantitative estimate of drug-likeness (QED) is 0.571. The van der Waals surface area contributed by atoms with E-state index in [4.69, 9.17) is 9.84 Å². The molecule has 2 atom stereocenters. The number of sulfone groups is 1. The summed E-state index contributed by atoms with van der Waals surface area (Å²) in [4.78, 5) is 27.6. The molecule has 11 heteroatoms. The third-order valence-corrected chi connectivity index (χ3v) is 8.40. The van der Waals surface area contributed by atoms with Gasteiger partial charge in [-0.2, -0.15) is 0 Å². The lowest BCUT2D eigenvalue weighted by Crippen LogP contribution is -2.52. The van der Waals surface area contributed by atoms with Crippen LogP contribution in [0.5, 0.6) is 5.75 Å². The lowest BCUT2D eigenvalue weighted by molar-refractivity contribution is -0.144. The molecule has 2 saturated heterocycles. The fourth-order valence-corrected chi connectivity index (χ4v) is 6.72. The number of hydrogen-bond donors (Lipinski definition) is 2. The van der Waals surface area contributed by atoms with Crippen molar-refractivity contribution in [1.82, 2.24) is 14.4 Å². The number of carbonyl (C=O) groups is 2. The van der Waals surface area contributed by atoms with Gasteiger partial charge in [0.15, 0.2) is 9.84 Å². The van der Waals surface area contributed by atoms with Crippen molar-refractivity contribution < 1.29 is 33.0 Å². The molecule has 0 bridgehead atoms. The maximum absolute atomic E-state index is 12.4. The van der Waals surface area contributed by atoms with E-state index in [0.717, 1.165) is 10.9 Å². The Labute approximate surface area is 192 Å². The monoisotopic (exact) mass is 479 g/mol. The van der Waals surface area contributed by atoms with Gasteiger partial charge in [0.05, 0.1) is 25.0 Å². The molecule has 1 aromatic carbocycles. The van der Waals surface area contributed by atoms with Crippen LogP contribution in [0.2, 0.25) is 0 Å². The van der Waals surface area contributed by atoms with Crippen LogP contribution < -0.4 is 4.74 Å². The molecule has 2 aliphatic rings. The second-order valence-corrected chi connectivity index (χ2v) is 10.9. The number of ether oxygens (including phenoxy) is 1. The third kappa shape index (κ3) is 4.99. The number of carboxylic acid groups (broad SMARTS) is 2. The zero-order valence-electron chi connectivity index (χ0n) is 18.5. The smallest absolute Gasteiger partial charge is 0.325 e. The molecule has 0 amide bonds. The summed E-state index contributed by atoms with van der Waals surface area (Å²) in [6.45, 7) is 2.43. The highest BCUT2D eigenvalue weighted by atomic mass is 32.2. The van der Waals surface area contributed by atoms with Crippen molar-refractivity contribution in [3.8, 4) is 5.75 Å².